The zero-order valence-corrected chi connectivity index (χ0v) is 17.1. The predicted octanol–water partition coefficient (Wildman–Crippen LogP) is 3.47. The summed E-state index contributed by atoms with van der Waals surface area (Å²) < 4.78 is 24.9. The molecule has 0 aromatic heterocycles. The molecular formula is C23H29FN2O3. The summed E-state index contributed by atoms with van der Waals surface area (Å²) in [6, 6.07) is 14.5. The van der Waals surface area contributed by atoms with Gasteiger partial charge < -0.3 is 14.4 Å². The Morgan fingerprint density at radius 3 is 2.72 bits per heavy atom. The Morgan fingerprint density at radius 2 is 1.93 bits per heavy atom. The Labute approximate surface area is 172 Å². The number of nitrogens with zero attached hydrogens (tertiary/aromatic N) is 2. The van der Waals surface area contributed by atoms with Crippen LogP contribution < -0.4 is 4.74 Å². The first-order chi connectivity index (χ1) is 14.1. The zero-order valence-electron chi connectivity index (χ0n) is 17.1. The summed E-state index contributed by atoms with van der Waals surface area (Å²) in [4.78, 5) is 16.9. The quantitative estimate of drug-likeness (QED) is 0.714. The molecule has 1 saturated heterocycles. The number of methoxy groups -OCH3 is 1. The smallest absolute Gasteiger partial charge is 0.251 e. The first-order valence-corrected chi connectivity index (χ1v) is 10.1. The standard InChI is InChI=1S/C23H29FN2O3/c1-18(29-17-19-7-5-9-21(15-19)28-2)23(27)26-12-6-11-25(13-14-26)16-20-8-3-4-10-22(20)24/h3-5,7-10,15,18H,6,11-14,16-17H2,1-2H3. The number of hydrogen-bond donors (Lipinski definition) is 0. The maximum Gasteiger partial charge on any atom is 0.251 e. The van der Waals surface area contributed by atoms with Crippen molar-refractivity contribution in [3.05, 3.63) is 65.5 Å². The van der Waals surface area contributed by atoms with Crippen molar-refractivity contribution in [1.29, 1.82) is 0 Å². The van der Waals surface area contributed by atoms with Gasteiger partial charge in [-0.05, 0) is 37.1 Å². The molecule has 6 heteroatoms. The molecule has 156 valence electrons. The summed E-state index contributed by atoms with van der Waals surface area (Å²) in [6.07, 6.45) is 0.349. The summed E-state index contributed by atoms with van der Waals surface area (Å²) in [7, 11) is 1.63. The minimum absolute atomic E-state index is 0.000591. The molecule has 3 rings (SSSR count). The number of halogens is 1. The lowest BCUT2D eigenvalue weighted by Crippen LogP contribution is -2.41. The summed E-state index contributed by atoms with van der Waals surface area (Å²) >= 11 is 0. The number of carbonyl (C=O) groups excluding carboxylic acids is 1. The summed E-state index contributed by atoms with van der Waals surface area (Å²) in [5, 5.41) is 0. The molecule has 0 N–H and O–H groups in total. The van der Waals surface area contributed by atoms with E-state index in [1.54, 1.807) is 20.1 Å². The van der Waals surface area contributed by atoms with Crippen LogP contribution in [0.5, 0.6) is 5.75 Å². The van der Waals surface area contributed by atoms with Gasteiger partial charge >= 0.3 is 0 Å². The minimum Gasteiger partial charge on any atom is -0.497 e. The fraction of sp³-hybridized carbons (Fsp3) is 0.435. The number of rotatable bonds is 7. The van der Waals surface area contributed by atoms with E-state index in [9.17, 15) is 9.18 Å². The van der Waals surface area contributed by atoms with Crippen molar-refractivity contribution in [3.8, 4) is 5.75 Å². The van der Waals surface area contributed by atoms with E-state index in [2.05, 4.69) is 4.90 Å². The van der Waals surface area contributed by atoms with Gasteiger partial charge in [0.25, 0.3) is 5.91 Å². The first-order valence-electron chi connectivity index (χ1n) is 10.1. The van der Waals surface area contributed by atoms with Crippen LogP contribution in [0.15, 0.2) is 48.5 Å². The van der Waals surface area contributed by atoms with Crippen LogP contribution in [0.4, 0.5) is 4.39 Å². The minimum atomic E-state index is -0.515. The van der Waals surface area contributed by atoms with Crippen LogP contribution in [0.25, 0.3) is 0 Å². The highest BCUT2D eigenvalue weighted by atomic mass is 19.1. The molecule has 1 amide bonds. The highest BCUT2D eigenvalue weighted by Gasteiger charge is 2.24. The van der Waals surface area contributed by atoms with Crippen molar-refractivity contribution in [2.75, 3.05) is 33.3 Å². The number of benzene rings is 2. The Balaban J connectivity index is 1.49. The van der Waals surface area contributed by atoms with Gasteiger partial charge in [-0.2, -0.15) is 0 Å². The van der Waals surface area contributed by atoms with Crippen molar-refractivity contribution in [2.24, 2.45) is 0 Å². The van der Waals surface area contributed by atoms with Crippen molar-refractivity contribution >= 4 is 5.91 Å². The lowest BCUT2D eigenvalue weighted by Gasteiger charge is -2.25. The molecule has 29 heavy (non-hydrogen) atoms. The molecule has 5 nitrogen and oxygen atoms in total. The van der Waals surface area contributed by atoms with Crippen molar-refractivity contribution in [2.45, 2.75) is 32.6 Å². The molecule has 0 radical (unpaired) electrons. The second-order valence-electron chi connectivity index (χ2n) is 7.35. The topological polar surface area (TPSA) is 42.0 Å². The monoisotopic (exact) mass is 400 g/mol. The highest BCUT2D eigenvalue weighted by molar-refractivity contribution is 5.80. The van der Waals surface area contributed by atoms with Crippen molar-refractivity contribution in [1.82, 2.24) is 9.80 Å². The van der Waals surface area contributed by atoms with Gasteiger partial charge in [0.05, 0.1) is 13.7 Å². The third-order valence-electron chi connectivity index (χ3n) is 5.23. The van der Waals surface area contributed by atoms with Gasteiger partial charge in [-0.1, -0.05) is 30.3 Å². The van der Waals surface area contributed by atoms with E-state index in [1.165, 1.54) is 6.07 Å². The van der Waals surface area contributed by atoms with E-state index in [0.717, 1.165) is 30.8 Å². The molecule has 1 atom stereocenters. The molecular weight excluding hydrogens is 371 g/mol. The lowest BCUT2D eigenvalue weighted by molar-refractivity contribution is -0.143. The van der Waals surface area contributed by atoms with E-state index in [0.29, 0.717) is 31.8 Å². The van der Waals surface area contributed by atoms with E-state index in [1.807, 2.05) is 41.3 Å². The number of amides is 1. The van der Waals surface area contributed by atoms with Crippen molar-refractivity contribution < 1.29 is 18.7 Å². The fourth-order valence-corrected chi connectivity index (χ4v) is 3.53. The molecule has 0 spiro atoms. The van der Waals surface area contributed by atoms with Crippen LogP contribution in [-0.4, -0.2) is 55.1 Å². The molecule has 1 aliphatic rings. The highest BCUT2D eigenvalue weighted by Crippen LogP contribution is 2.16. The molecule has 0 saturated carbocycles. The number of hydrogen-bond acceptors (Lipinski definition) is 4. The summed E-state index contributed by atoms with van der Waals surface area (Å²) in [6.45, 7) is 5.61. The van der Waals surface area contributed by atoms with Crippen LogP contribution >= 0.6 is 0 Å². The van der Waals surface area contributed by atoms with Crippen LogP contribution in [-0.2, 0) is 22.7 Å². The van der Waals surface area contributed by atoms with Crippen LogP contribution in [0.1, 0.15) is 24.5 Å². The molecule has 1 heterocycles. The van der Waals surface area contributed by atoms with Gasteiger partial charge in [0.1, 0.15) is 17.7 Å². The van der Waals surface area contributed by atoms with Gasteiger partial charge in [-0.25, -0.2) is 4.39 Å². The second kappa shape index (κ2) is 10.4. The molecule has 2 aromatic carbocycles. The van der Waals surface area contributed by atoms with E-state index < -0.39 is 6.10 Å². The van der Waals surface area contributed by atoms with Crippen molar-refractivity contribution in [3.63, 3.8) is 0 Å². The van der Waals surface area contributed by atoms with Crippen LogP contribution in [0.2, 0.25) is 0 Å². The van der Waals surface area contributed by atoms with E-state index in [-0.39, 0.29) is 11.7 Å². The fourth-order valence-electron chi connectivity index (χ4n) is 3.53. The van der Waals surface area contributed by atoms with Gasteiger partial charge in [-0.15, -0.1) is 0 Å². The SMILES string of the molecule is COc1cccc(COC(C)C(=O)N2CCCN(Cc3ccccc3F)CC2)c1. The molecule has 0 bridgehead atoms. The molecule has 0 aliphatic carbocycles. The zero-order chi connectivity index (χ0) is 20.6. The second-order valence-corrected chi connectivity index (χ2v) is 7.35. The number of carbonyl (C=O) groups is 1. The van der Waals surface area contributed by atoms with E-state index >= 15 is 0 Å². The number of ether oxygens (including phenoxy) is 2. The Hall–Kier alpha value is -2.44. The third kappa shape index (κ3) is 6.02. The predicted molar refractivity (Wildman–Crippen MR) is 110 cm³/mol. The Bertz CT molecular complexity index is 814. The summed E-state index contributed by atoms with van der Waals surface area (Å²) in [5.74, 6) is 0.595. The van der Waals surface area contributed by atoms with Gasteiger partial charge in [-0.3, -0.25) is 9.69 Å². The molecule has 1 aliphatic heterocycles. The van der Waals surface area contributed by atoms with Crippen LogP contribution in [0, 0.1) is 5.82 Å². The summed E-state index contributed by atoms with van der Waals surface area (Å²) in [5.41, 5.74) is 1.66. The molecule has 1 fully saturated rings. The molecule has 1 unspecified atom stereocenters. The lowest BCUT2D eigenvalue weighted by atomic mass is 10.2. The third-order valence-corrected chi connectivity index (χ3v) is 5.23. The maximum atomic E-state index is 13.9. The van der Waals surface area contributed by atoms with Crippen LogP contribution in [0.3, 0.4) is 0 Å². The van der Waals surface area contributed by atoms with Gasteiger partial charge in [0.15, 0.2) is 0 Å². The largest absolute Gasteiger partial charge is 0.497 e. The van der Waals surface area contributed by atoms with E-state index in [4.69, 9.17) is 9.47 Å². The Morgan fingerprint density at radius 1 is 1.10 bits per heavy atom. The van der Waals surface area contributed by atoms with Gasteiger partial charge in [0.2, 0.25) is 0 Å². The maximum absolute atomic E-state index is 13.9. The first kappa shape index (κ1) is 21.3. The Kier molecular flexibility index (Phi) is 7.61. The van der Waals surface area contributed by atoms with Gasteiger partial charge in [0, 0.05) is 38.3 Å². The average Bonchev–Trinajstić information content (AvgIpc) is 2.99. The average molecular weight is 400 g/mol. The normalized spacial score (nSPS) is 16.3. The molecule has 2 aromatic rings.